The maximum atomic E-state index is 13.9. The monoisotopic (exact) mass is 659 g/mol. The number of carboxylic acid groups (broad SMARTS) is 1. The van der Waals surface area contributed by atoms with Crippen molar-refractivity contribution in [2.45, 2.75) is 56.1 Å². The van der Waals surface area contributed by atoms with E-state index in [1.165, 1.54) is 16.2 Å². The molecular weight excluding hydrogens is 624 g/mol. The summed E-state index contributed by atoms with van der Waals surface area (Å²) in [6.45, 7) is 5.81. The third kappa shape index (κ3) is 5.71. The van der Waals surface area contributed by atoms with E-state index in [1.54, 1.807) is 30.8 Å². The Morgan fingerprint density at radius 3 is 2.70 bits per heavy atom. The van der Waals surface area contributed by atoms with Gasteiger partial charge in [0.15, 0.2) is 5.82 Å². The predicted octanol–water partition coefficient (Wildman–Crippen LogP) is 3.26. The standard InChI is InChI=1S/C30H35F2N7O6S/c1-17-30(15-43-16-30)44-8-7-38(17)21-10-18(37-6-5-19(13-37)42-2)12-33-27(21)45-20-11-22(28(40)41)39(14-20)29-35-25(23-4-3-9-46-23)34-26(36-29)24(31)32/h3-4,9-10,12,17,19-20,22,24H,5-8,11,13-16H2,1-2H3,(H,40,41)/t17-,19?,20-,22-/m0/s1. The van der Waals surface area contributed by atoms with E-state index in [1.807, 2.05) is 0 Å². The molecule has 3 aromatic heterocycles. The van der Waals surface area contributed by atoms with Gasteiger partial charge in [-0.05, 0) is 30.9 Å². The van der Waals surface area contributed by atoms with Gasteiger partial charge in [0.2, 0.25) is 17.7 Å². The number of rotatable bonds is 9. The van der Waals surface area contributed by atoms with Crippen LogP contribution in [0.5, 0.6) is 5.88 Å². The van der Waals surface area contributed by atoms with Crippen molar-refractivity contribution in [2.24, 2.45) is 0 Å². The van der Waals surface area contributed by atoms with Gasteiger partial charge in [-0.25, -0.2) is 23.5 Å². The molecule has 1 spiro atoms. The van der Waals surface area contributed by atoms with E-state index >= 15 is 0 Å². The molecule has 4 aliphatic rings. The van der Waals surface area contributed by atoms with Crippen LogP contribution in [0, 0.1) is 0 Å². The molecule has 1 N–H and O–H groups in total. The number of carbonyl (C=O) groups is 1. The van der Waals surface area contributed by atoms with Gasteiger partial charge in [0.1, 0.15) is 23.4 Å². The number of carboxylic acids is 1. The van der Waals surface area contributed by atoms with Crippen LogP contribution in [-0.4, -0.2) is 114 Å². The number of aromatic nitrogens is 4. The minimum Gasteiger partial charge on any atom is -0.480 e. The zero-order valence-corrected chi connectivity index (χ0v) is 26.2. The number of hydrogen-bond donors (Lipinski definition) is 1. The van der Waals surface area contributed by atoms with Gasteiger partial charge in [-0.1, -0.05) is 6.07 Å². The summed E-state index contributed by atoms with van der Waals surface area (Å²) in [7, 11) is 1.72. The molecule has 0 amide bonds. The molecule has 246 valence electrons. The van der Waals surface area contributed by atoms with Gasteiger partial charge in [0.25, 0.3) is 6.43 Å². The molecule has 13 nitrogen and oxygen atoms in total. The van der Waals surface area contributed by atoms with Crippen molar-refractivity contribution in [3.8, 4) is 16.6 Å². The summed E-state index contributed by atoms with van der Waals surface area (Å²) in [4.78, 5) is 36.0. The number of alkyl halides is 2. The van der Waals surface area contributed by atoms with Crippen LogP contribution < -0.4 is 19.4 Å². The Kier molecular flexibility index (Phi) is 8.37. The lowest BCUT2D eigenvalue weighted by atomic mass is 9.90. The predicted molar refractivity (Wildman–Crippen MR) is 164 cm³/mol. The van der Waals surface area contributed by atoms with Crippen molar-refractivity contribution in [1.82, 2.24) is 19.9 Å². The number of ether oxygens (including phenoxy) is 4. The number of anilines is 3. The largest absolute Gasteiger partial charge is 0.480 e. The molecule has 7 rings (SSSR count). The first-order chi connectivity index (χ1) is 22.2. The lowest BCUT2D eigenvalue weighted by Gasteiger charge is -2.53. The molecule has 0 radical (unpaired) electrons. The van der Waals surface area contributed by atoms with Gasteiger partial charge in [0.05, 0.1) is 55.3 Å². The fraction of sp³-hybridized carbons (Fsp3) is 0.567. The highest BCUT2D eigenvalue weighted by atomic mass is 32.1. The second-order valence-corrected chi connectivity index (χ2v) is 12.9. The van der Waals surface area contributed by atoms with E-state index in [4.69, 9.17) is 23.9 Å². The Balaban J connectivity index is 1.20. The molecular formula is C30H35F2N7O6S. The first-order valence-corrected chi connectivity index (χ1v) is 16.1. The molecule has 4 atom stereocenters. The van der Waals surface area contributed by atoms with Crippen LogP contribution in [0.4, 0.5) is 26.1 Å². The molecule has 46 heavy (non-hydrogen) atoms. The summed E-state index contributed by atoms with van der Waals surface area (Å²) in [5.74, 6) is -1.56. The maximum Gasteiger partial charge on any atom is 0.326 e. The normalized spacial score (nSPS) is 25.8. The lowest BCUT2D eigenvalue weighted by molar-refractivity contribution is -0.228. The number of hydrogen-bond acceptors (Lipinski definition) is 13. The minimum atomic E-state index is -2.96. The highest BCUT2D eigenvalue weighted by Gasteiger charge is 2.50. The topological polar surface area (TPSA) is 136 Å². The Morgan fingerprint density at radius 1 is 1.17 bits per heavy atom. The van der Waals surface area contributed by atoms with Gasteiger partial charge in [-0.15, -0.1) is 11.3 Å². The quantitative estimate of drug-likeness (QED) is 0.360. The molecule has 4 fully saturated rings. The summed E-state index contributed by atoms with van der Waals surface area (Å²) < 4.78 is 51.5. The number of morpholine rings is 1. The second-order valence-electron chi connectivity index (χ2n) is 12.0. The van der Waals surface area contributed by atoms with Gasteiger partial charge < -0.3 is 38.8 Å². The van der Waals surface area contributed by atoms with Crippen LogP contribution in [0.3, 0.4) is 0 Å². The average Bonchev–Trinajstić information content (AvgIpc) is 3.82. The molecule has 0 bridgehead atoms. The molecule has 4 aliphatic heterocycles. The summed E-state index contributed by atoms with van der Waals surface area (Å²) in [5, 5.41) is 11.9. The van der Waals surface area contributed by atoms with Crippen molar-refractivity contribution < 1.29 is 37.6 Å². The third-order valence-corrected chi connectivity index (χ3v) is 10.1. The van der Waals surface area contributed by atoms with E-state index < -0.39 is 36.0 Å². The Labute approximate surface area is 268 Å². The third-order valence-electron chi connectivity index (χ3n) is 9.27. The Morgan fingerprint density at radius 2 is 2.02 bits per heavy atom. The highest BCUT2D eigenvalue weighted by molar-refractivity contribution is 7.13. The van der Waals surface area contributed by atoms with Crippen molar-refractivity contribution in [1.29, 1.82) is 0 Å². The molecule has 0 saturated carbocycles. The van der Waals surface area contributed by atoms with Gasteiger partial charge >= 0.3 is 5.97 Å². The number of halogens is 2. The molecule has 1 unspecified atom stereocenters. The van der Waals surface area contributed by atoms with E-state index in [-0.39, 0.29) is 36.9 Å². The average molecular weight is 660 g/mol. The number of thiophene rings is 1. The Bertz CT molecular complexity index is 1560. The smallest absolute Gasteiger partial charge is 0.326 e. The lowest BCUT2D eigenvalue weighted by Crippen LogP contribution is -2.68. The van der Waals surface area contributed by atoms with E-state index in [2.05, 4.69) is 37.7 Å². The second kappa shape index (κ2) is 12.5. The van der Waals surface area contributed by atoms with Crippen LogP contribution in [0.25, 0.3) is 10.7 Å². The molecule has 0 aliphatic carbocycles. The number of pyridine rings is 1. The van der Waals surface area contributed by atoms with Crippen molar-refractivity contribution in [2.75, 3.05) is 67.8 Å². The number of aliphatic carboxylic acids is 1. The number of nitrogens with zero attached hydrogens (tertiary/aromatic N) is 7. The SMILES string of the molecule is COC1CCN(c2cnc(O[C@H]3C[C@@H](C(=O)O)N(c4nc(-c5cccs5)nc(C(F)F)n4)C3)c(N3CCOC4(COC4)[C@@H]3C)c2)C1. The van der Waals surface area contributed by atoms with Crippen LogP contribution in [0.15, 0.2) is 29.8 Å². The first-order valence-electron chi connectivity index (χ1n) is 15.2. The summed E-state index contributed by atoms with van der Waals surface area (Å²) >= 11 is 1.29. The van der Waals surface area contributed by atoms with E-state index in [0.29, 0.717) is 37.1 Å². The molecule has 3 aromatic rings. The van der Waals surface area contributed by atoms with Crippen molar-refractivity contribution >= 4 is 34.6 Å². The van der Waals surface area contributed by atoms with Crippen LogP contribution in [-0.2, 0) is 19.0 Å². The highest BCUT2D eigenvalue weighted by Crippen LogP contribution is 2.41. The summed E-state index contributed by atoms with van der Waals surface area (Å²) in [6.07, 6.45) is -0.725. The van der Waals surface area contributed by atoms with Crippen LogP contribution >= 0.6 is 11.3 Å². The van der Waals surface area contributed by atoms with Crippen molar-refractivity contribution in [3.63, 3.8) is 0 Å². The fourth-order valence-electron chi connectivity index (χ4n) is 6.58. The van der Waals surface area contributed by atoms with E-state index in [0.717, 1.165) is 30.9 Å². The minimum absolute atomic E-state index is 0.0415. The van der Waals surface area contributed by atoms with E-state index in [9.17, 15) is 18.7 Å². The molecule has 4 saturated heterocycles. The van der Waals surface area contributed by atoms with Crippen LogP contribution in [0.2, 0.25) is 0 Å². The fourth-order valence-corrected chi connectivity index (χ4v) is 7.23. The Hall–Kier alpha value is -3.73. The maximum absolute atomic E-state index is 13.9. The van der Waals surface area contributed by atoms with Gasteiger partial charge in [-0.2, -0.15) is 9.97 Å². The summed E-state index contributed by atoms with van der Waals surface area (Å²) in [6, 6.07) is 4.39. The summed E-state index contributed by atoms with van der Waals surface area (Å²) in [5.41, 5.74) is 1.27. The molecule has 16 heteroatoms. The first kappa shape index (κ1) is 30.9. The zero-order valence-electron chi connectivity index (χ0n) is 25.4. The van der Waals surface area contributed by atoms with Gasteiger partial charge in [0, 0.05) is 33.2 Å². The zero-order chi connectivity index (χ0) is 32.0. The molecule has 0 aromatic carbocycles. The molecule has 7 heterocycles. The number of methoxy groups -OCH3 is 1. The van der Waals surface area contributed by atoms with Gasteiger partial charge in [-0.3, -0.25) is 0 Å². The van der Waals surface area contributed by atoms with Crippen molar-refractivity contribution in [3.05, 3.63) is 35.6 Å². The van der Waals surface area contributed by atoms with Crippen LogP contribution in [0.1, 0.15) is 32.0 Å².